The summed E-state index contributed by atoms with van der Waals surface area (Å²) in [6.07, 6.45) is 4.04. The summed E-state index contributed by atoms with van der Waals surface area (Å²) < 4.78 is 11.8. The minimum atomic E-state index is -0.121. The lowest BCUT2D eigenvalue weighted by atomic mass is 9.74. The van der Waals surface area contributed by atoms with Crippen LogP contribution in [0.1, 0.15) is 38.2 Å². The van der Waals surface area contributed by atoms with Gasteiger partial charge in [-0.3, -0.25) is 0 Å². The highest BCUT2D eigenvalue weighted by molar-refractivity contribution is 7.80. The lowest BCUT2D eigenvalue weighted by Gasteiger charge is -2.38. The molecule has 2 aromatic carbocycles. The first-order chi connectivity index (χ1) is 18.5. The van der Waals surface area contributed by atoms with Crippen LogP contribution < -0.4 is 20.3 Å². The highest BCUT2D eigenvalue weighted by atomic mass is 35.5. The second-order valence-electron chi connectivity index (χ2n) is 10.2. The van der Waals surface area contributed by atoms with Gasteiger partial charge in [0.1, 0.15) is 11.6 Å². The molecule has 0 amide bonds. The number of nitrogens with zero attached hydrogens (tertiary/aromatic N) is 3. The van der Waals surface area contributed by atoms with E-state index in [1.807, 2.05) is 54.6 Å². The van der Waals surface area contributed by atoms with Crippen molar-refractivity contribution >= 4 is 40.7 Å². The number of piperidine rings is 1. The molecule has 0 unspecified atom stereocenters. The molecule has 0 aliphatic carbocycles. The molecular weight excluding hydrogens is 518 g/mol. The number of thiocarbonyl (C=S) groups is 1. The zero-order chi connectivity index (χ0) is 26.4. The number of halogens is 1. The second-order valence-corrected chi connectivity index (χ2v) is 11.0. The fourth-order valence-electron chi connectivity index (χ4n) is 5.07. The second kappa shape index (κ2) is 12.3. The van der Waals surface area contributed by atoms with Crippen LogP contribution in [0, 0.1) is 5.92 Å². The monoisotopic (exact) mass is 551 g/mol. The predicted octanol–water partition coefficient (Wildman–Crippen LogP) is 6.19. The van der Waals surface area contributed by atoms with Gasteiger partial charge in [0.25, 0.3) is 0 Å². The van der Waals surface area contributed by atoms with Gasteiger partial charge in [0, 0.05) is 49.4 Å². The highest BCUT2D eigenvalue weighted by Crippen LogP contribution is 2.35. The maximum atomic E-state index is 6.33. The maximum absolute atomic E-state index is 6.33. The predicted molar refractivity (Wildman–Crippen MR) is 157 cm³/mol. The van der Waals surface area contributed by atoms with Crippen molar-refractivity contribution in [3.8, 4) is 11.6 Å². The fraction of sp³-hybridized carbons (Fsp3) is 0.414. The van der Waals surface area contributed by atoms with Crippen LogP contribution in [0.3, 0.4) is 0 Å². The Morgan fingerprint density at radius 1 is 1.08 bits per heavy atom. The van der Waals surface area contributed by atoms with Crippen molar-refractivity contribution in [1.29, 1.82) is 0 Å². The van der Waals surface area contributed by atoms with Crippen LogP contribution >= 0.6 is 23.8 Å². The number of para-hydroxylation sites is 1. The molecule has 2 saturated heterocycles. The molecule has 1 aromatic heterocycles. The van der Waals surface area contributed by atoms with Crippen LogP contribution in [0.15, 0.2) is 60.7 Å². The minimum Gasteiger partial charge on any atom is -0.439 e. The molecule has 3 heterocycles. The van der Waals surface area contributed by atoms with E-state index >= 15 is 0 Å². The van der Waals surface area contributed by atoms with Gasteiger partial charge >= 0.3 is 0 Å². The van der Waals surface area contributed by atoms with Crippen LogP contribution in [-0.4, -0.2) is 47.9 Å². The first kappa shape index (κ1) is 26.7. The van der Waals surface area contributed by atoms with Gasteiger partial charge in [0.05, 0.1) is 0 Å². The van der Waals surface area contributed by atoms with Crippen LogP contribution in [0.25, 0.3) is 0 Å². The summed E-state index contributed by atoms with van der Waals surface area (Å²) in [5, 5.41) is 7.83. The van der Waals surface area contributed by atoms with Crippen molar-refractivity contribution in [2.75, 3.05) is 43.1 Å². The summed E-state index contributed by atoms with van der Waals surface area (Å²) >= 11 is 12.0. The van der Waals surface area contributed by atoms with Crippen molar-refractivity contribution < 1.29 is 9.47 Å². The fourth-order valence-corrected chi connectivity index (χ4v) is 5.43. The Morgan fingerprint density at radius 3 is 2.58 bits per heavy atom. The lowest BCUT2D eigenvalue weighted by molar-refractivity contribution is 0.0515. The summed E-state index contributed by atoms with van der Waals surface area (Å²) in [6, 6.07) is 19.6. The first-order valence-electron chi connectivity index (χ1n) is 13.2. The number of benzene rings is 2. The Morgan fingerprint density at radius 2 is 1.84 bits per heavy atom. The van der Waals surface area contributed by atoms with Crippen molar-refractivity contribution in [3.05, 3.63) is 71.2 Å². The molecule has 0 atom stereocenters. The van der Waals surface area contributed by atoms with Crippen LogP contribution in [0.5, 0.6) is 11.6 Å². The van der Waals surface area contributed by atoms with Gasteiger partial charge in [-0.25, -0.2) is 0 Å². The molecule has 2 fully saturated rings. The quantitative estimate of drug-likeness (QED) is 0.337. The average Bonchev–Trinajstić information content (AvgIpc) is 2.93. The van der Waals surface area contributed by atoms with Gasteiger partial charge in [0.15, 0.2) is 5.11 Å². The van der Waals surface area contributed by atoms with E-state index in [0.717, 1.165) is 61.3 Å². The Bertz CT molecular complexity index is 1230. The number of nitrogens with one attached hydrogen (secondary N) is 2. The van der Waals surface area contributed by atoms with Crippen molar-refractivity contribution in [3.63, 3.8) is 0 Å². The largest absolute Gasteiger partial charge is 0.439 e. The lowest BCUT2D eigenvalue weighted by Crippen LogP contribution is -2.45. The van der Waals surface area contributed by atoms with Crippen LogP contribution in [-0.2, 0) is 10.2 Å². The highest BCUT2D eigenvalue weighted by Gasteiger charge is 2.35. The molecule has 2 aliphatic rings. The van der Waals surface area contributed by atoms with Gasteiger partial charge in [-0.15, -0.1) is 0 Å². The van der Waals surface area contributed by atoms with E-state index in [-0.39, 0.29) is 5.41 Å². The van der Waals surface area contributed by atoms with E-state index in [9.17, 15) is 0 Å². The third-order valence-corrected chi connectivity index (χ3v) is 7.94. The van der Waals surface area contributed by atoms with Crippen LogP contribution in [0.2, 0.25) is 5.02 Å². The number of anilines is 2. The first-order valence-corrected chi connectivity index (χ1v) is 14.0. The zero-order valence-corrected chi connectivity index (χ0v) is 23.2. The number of ether oxygens (including phenoxy) is 2. The van der Waals surface area contributed by atoms with Gasteiger partial charge in [-0.1, -0.05) is 48.9 Å². The SMILES string of the molecule is CC1CCN(c2cc(Oc3ccccc3)nc(NC(=S)NCC3(c4cccc(Cl)c4)CCOCC3)n2)CC1. The van der Waals surface area contributed by atoms with Crippen molar-refractivity contribution in [1.82, 2.24) is 15.3 Å². The van der Waals surface area contributed by atoms with Crippen LogP contribution in [0.4, 0.5) is 11.8 Å². The van der Waals surface area contributed by atoms with E-state index in [1.165, 1.54) is 5.56 Å². The molecular formula is C29H34ClN5O2S. The van der Waals surface area contributed by atoms with Gasteiger partial charge < -0.3 is 25.0 Å². The van der Waals surface area contributed by atoms with Gasteiger partial charge in [-0.2, -0.15) is 9.97 Å². The van der Waals surface area contributed by atoms with E-state index in [2.05, 4.69) is 33.5 Å². The van der Waals surface area contributed by atoms with E-state index in [4.69, 9.17) is 38.3 Å². The Hall–Kier alpha value is -2.94. The normalized spacial score (nSPS) is 17.6. The molecule has 0 saturated carbocycles. The molecule has 5 rings (SSSR count). The minimum absolute atomic E-state index is 0.121. The van der Waals surface area contributed by atoms with E-state index in [1.54, 1.807) is 0 Å². The summed E-state index contributed by atoms with van der Waals surface area (Å²) in [6.45, 7) is 6.26. The molecule has 0 radical (unpaired) electrons. The zero-order valence-electron chi connectivity index (χ0n) is 21.7. The number of aromatic nitrogens is 2. The molecule has 9 heteroatoms. The maximum Gasteiger partial charge on any atom is 0.234 e. The van der Waals surface area contributed by atoms with E-state index in [0.29, 0.717) is 36.7 Å². The third kappa shape index (κ3) is 6.73. The Labute approximate surface area is 234 Å². The molecule has 0 spiro atoms. The summed E-state index contributed by atoms with van der Waals surface area (Å²) in [5.74, 6) is 3.17. The molecule has 7 nitrogen and oxygen atoms in total. The molecule has 0 bridgehead atoms. The van der Waals surface area contributed by atoms with Crippen molar-refractivity contribution in [2.45, 2.75) is 38.0 Å². The Kier molecular flexibility index (Phi) is 8.61. The van der Waals surface area contributed by atoms with Gasteiger partial charge in [-0.05, 0) is 73.6 Å². The topological polar surface area (TPSA) is 71.5 Å². The number of hydrogen-bond acceptors (Lipinski definition) is 6. The van der Waals surface area contributed by atoms with Crippen molar-refractivity contribution in [2.24, 2.45) is 5.92 Å². The smallest absolute Gasteiger partial charge is 0.234 e. The Balaban J connectivity index is 1.32. The molecule has 2 aliphatic heterocycles. The molecule has 200 valence electrons. The standard InChI is InChI=1S/C29H34ClN5O2S/c1-21-10-14-35(15-11-21)25-19-26(37-24-8-3-2-4-9-24)33-27(32-25)34-28(38)31-20-29(12-16-36-17-13-29)22-6-5-7-23(30)18-22/h2-9,18-19,21H,10-17,20H2,1H3,(H2,31,32,33,34,38). The van der Waals surface area contributed by atoms with E-state index < -0.39 is 0 Å². The molecule has 3 aromatic rings. The number of rotatable bonds is 7. The summed E-state index contributed by atoms with van der Waals surface area (Å²) in [7, 11) is 0. The molecule has 38 heavy (non-hydrogen) atoms. The summed E-state index contributed by atoms with van der Waals surface area (Å²) in [5.41, 5.74) is 1.07. The van der Waals surface area contributed by atoms with Gasteiger partial charge in [0.2, 0.25) is 11.8 Å². The number of hydrogen-bond donors (Lipinski definition) is 2. The summed E-state index contributed by atoms with van der Waals surface area (Å²) in [4.78, 5) is 11.7. The third-order valence-electron chi connectivity index (χ3n) is 7.46. The average molecular weight is 552 g/mol. The molecule has 2 N–H and O–H groups in total.